The molecule has 5 nitrogen and oxygen atoms in total. The summed E-state index contributed by atoms with van der Waals surface area (Å²) in [5, 5.41) is 10.4. The summed E-state index contributed by atoms with van der Waals surface area (Å²) < 4.78 is 0.452. The van der Waals surface area contributed by atoms with E-state index in [0.717, 1.165) is 5.56 Å². The van der Waals surface area contributed by atoms with E-state index in [1.807, 2.05) is 0 Å². The van der Waals surface area contributed by atoms with Crippen molar-refractivity contribution >= 4 is 46.3 Å². The van der Waals surface area contributed by atoms with Crippen molar-refractivity contribution in [3.8, 4) is 0 Å². The van der Waals surface area contributed by atoms with Gasteiger partial charge in [0.25, 0.3) is 5.91 Å². The molecule has 2 heterocycles. The summed E-state index contributed by atoms with van der Waals surface area (Å²) >= 11 is 6.36. The summed E-state index contributed by atoms with van der Waals surface area (Å²) in [7, 11) is 0. The number of aliphatic carboxylic acids is 1. The van der Waals surface area contributed by atoms with Crippen LogP contribution in [0.1, 0.15) is 18.4 Å². The molecule has 7 heteroatoms. The number of amides is 1. The van der Waals surface area contributed by atoms with Gasteiger partial charge in [-0.2, -0.15) is 0 Å². The van der Waals surface area contributed by atoms with Crippen LogP contribution in [0.2, 0.25) is 0 Å². The third-order valence-electron chi connectivity index (χ3n) is 2.64. The molecule has 0 saturated carbocycles. The van der Waals surface area contributed by atoms with E-state index < -0.39 is 5.97 Å². The van der Waals surface area contributed by atoms with Gasteiger partial charge in [-0.25, -0.2) is 0 Å². The SMILES string of the molecule is O=C([O-])CCCN1C(=O)/C(=C/c2ccncc2)SC1=S. The van der Waals surface area contributed by atoms with E-state index in [4.69, 9.17) is 12.2 Å². The Morgan fingerprint density at radius 3 is 2.80 bits per heavy atom. The predicted molar refractivity (Wildman–Crippen MR) is 78.4 cm³/mol. The summed E-state index contributed by atoms with van der Waals surface area (Å²) in [6, 6.07) is 3.59. The van der Waals surface area contributed by atoms with Crippen LogP contribution < -0.4 is 5.11 Å². The van der Waals surface area contributed by atoms with Crippen LogP contribution in [-0.4, -0.2) is 32.6 Å². The van der Waals surface area contributed by atoms with Gasteiger partial charge in [-0.05, 0) is 36.6 Å². The maximum Gasteiger partial charge on any atom is 0.266 e. The van der Waals surface area contributed by atoms with Crippen molar-refractivity contribution < 1.29 is 14.7 Å². The van der Waals surface area contributed by atoms with E-state index in [9.17, 15) is 14.7 Å². The van der Waals surface area contributed by atoms with Crippen LogP contribution in [0.15, 0.2) is 29.4 Å². The largest absolute Gasteiger partial charge is 0.550 e. The average Bonchev–Trinajstić information content (AvgIpc) is 2.67. The monoisotopic (exact) mass is 307 g/mol. The highest BCUT2D eigenvalue weighted by atomic mass is 32.2. The maximum absolute atomic E-state index is 12.2. The Labute approximate surface area is 125 Å². The lowest BCUT2D eigenvalue weighted by atomic mass is 10.2. The fourth-order valence-electron chi connectivity index (χ4n) is 1.69. The lowest BCUT2D eigenvalue weighted by Gasteiger charge is -2.14. The number of rotatable bonds is 5. The molecule has 1 aliphatic rings. The second-order valence-corrected chi connectivity index (χ2v) is 5.77. The highest BCUT2D eigenvalue weighted by Crippen LogP contribution is 2.32. The van der Waals surface area contributed by atoms with Crippen LogP contribution in [0.3, 0.4) is 0 Å². The lowest BCUT2D eigenvalue weighted by Crippen LogP contribution is -2.30. The van der Waals surface area contributed by atoms with Crippen molar-refractivity contribution in [2.45, 2.75) is 12.8 Å². The minimum atomic E-state index is -1.12. The molecule has 0 spiro atoms. The second-order valence-electron chi connectivity index (χ2n) is 4.09. The topological polar surface area (TPSA) is 73.3 Å². The Morgan fingerprint density at radius 2 is 2.15 bits per heavy atom. The van der Waals surface area contributed by atoms with E-state index in [1.54, 1.807) is 30.6 Å². The van der Waals surface area contributed by atoms with Gasteiger partial charge in [-0.3, -0.25) is 14.7 Å². The van der Waals surface area contributed by atoms with Gasteiger partial charge in [0.05, 0.1) is 4.91 Å². The molecule has 1 fully saturated rings. The number of thioether (sulfide) groups is 1. The van der Waals surface area contributed by atoms with Crippen molar-refractivity contribution in [1.82, 2.24) is 9.88 Å². The summed E-state index contributed by atoms with van der Waals surface area (Å²) in [6.07, 6.45) is 5.29. The lowest BCUT2D eigenvalue weighted by molar-refractivity contribution is -0.305. The predicted octanol–water partition coefficient (Wildman–Crippen LogP) is 0.813. The molecule has 20 heavy (non-hydrogen) atoms. The number of hydrogen-bond acceptors (Lipinski definition) is 6. The highest BCUT2D eigenvalue weighted by molar-refractivity contribution is 8.26. The van der Waals surface area contributed by atoms with E-state index in [0.29, 0.717) is 22.2 Å². The van der Waals surface area contributed by atoms with Gasteiger partial charge in [-0.1, -0.05) is 24.0 Å². The molecule has 0 radical (unpaired) electrons. The number of carbonyl (C=O) groups excluding carboxylic acids is 2. The third-order valence-corrected chi connectivity index (χ3v) is 4.02. The van der Waals surface area contributed by atoms with Gasteiger partial charge in [0.15, 0.2) is 0 Å². The molecule has 0 unspecified atom stereocenters. The second kappa shape index (κ2) is 6.62. The Bertz CT molecular complexity index is 572. The Kier molecular flexibility index (Phi) is 4.86. The fourth-order valence-corrected chi connectivity index (χ4v) is 2.99. The van der Waals surface area contributed by atoms with Crippen LogP contribution in [0.4, 0.5) is 0 Å². The zero-order valence-electron chi connectivity index (χ0n) is 10.4. The molecule has 0 aliphatic carbocycles. The summed E-state index contributed by atoms with van der Waals surface area (Å²) in [5.41, 5.74) is 0.871. The standard InChI is InChI=1S/C13H12N2O3S2/c16-11(17)2-1-7-15-12(18)10(20-13(15)19)8-9-3-5-14-6-4-9/h3-6,8H,1-2,7H2,(H,16,17)/p-1/b10-8-. The first-order chi connectivity index (χ1) is 9.58. The first-order valence-corrected chi connectivity index (χ1v) is 7.15. The first-order valence-electron chi connectivity index (χ1n) is 5.93. The smallest absolute Gasteiger partial charge is 0.266 e. The number of hydrogen-bond donors (Lipinski definition) is 0. The molecular formula is C13H11N2O3S2-. The van der Waals surface area contributed by atoms with Crippen molar-refractivity contribution in [3.63, 3.8) is 0 Å². The summed E-state index contributed by atoms with van der Waals surface area (Å²) in [5.74, 6) is -1.31. The highest BCUT2D eigenvalue weighted by Gasteiger charge is 2.31. The van der Waals surface area contributed by atoms with E-state index >= 15 is 0 Å². The summed E-state index contributed by atoms with van der Waals surface area (Å²) in [4.78, 5) is 28.4. The van der Waals surface area contributed by atoms with Gasteiger partial charge in [0, 0.05) is 24.9 Å². The number of aromatic nitrogens is 1. The Balaban J connectivity index is 2.05. The van der Waals surface area contributed by atoms with Crippen LogP contribution in [0, 0.1) is 0 Å². The van der Waals surface area contributed by atoms with Crippen LogP contribution in [0.25, 0.3) is 6.08 Å². The number of pyridine rings is 1. The van der Waals surface area contributed by atoms with Gasteiger partial charge >= 0.3 is 0 Å². The number of nitrogens with zero attached hydrogens (tertiary/aromatic N) is 2. The Morgan fingerprint density at radius 1 is 1.45 bits per heavy atom. The first kappa shape index (κ1) is 14.7. The zero-order valence-corrected chi connectivity index (χ0v) is 12.1. The molecule has 1 aliphatic heterocycles. The number of carboxylic acid groups (broad SMARTS) is 1. The third kappa shape index (κ3) is 3.64. The van der Waals surface area contributed by atoms with Gasteiger partial charge in [0.2, 0.25) is 0 Å². The molecule has 1 aromatic rings. The van der Waals surface area contributed by atoms with E-state index in [2.05, 4.69) is 4.98 Å². The summed E-state index contributed by atoms with van der Waals surface area (Å²) in [6.45, 7) is 0.298. The molecule has 2 rings (SSSR count). The molecule has 0 atom stereocenters. The van der Waals surface area contributed by atoms with Gasteiger partial charge in [-0.15, -0.1) is 0 Å². The quantitative estimate of drug-likeness (QED) is 0.592. The molecule has 1 amide bonds. The molecule has 104 valence electrons. The van der Waals surface area contributed by atoms with Gasteiger partial charge in [0.1, 0.15) is 4.32 Å². The number of thiocarbonyl (C=S) groups is 1. The minimum absolute atomic E-state index is 0.0829. The number of carboxylic acids is 1. The Hall–Kier alpha value is -1.73. The normalized spacial score (nSPS) is 17.0. The van der Waals surface area contributed by atoms with Crippen LogP contribution in [-0.2, 0) is 9.59 Å². The van der Waals surface area contributed by atoms with Crippen LogP contribution >= 0.6 is 24.0 Å². The van der Waals surface area contributed by atoms with Crippen molar-refractivity contribution in [2.24, 2.45) is 0 Å². The molecule has 0 N–H and O–H groups in total. The van der Waals surface area contributed by atoms with E-state index in [-0.39, 0.29) is 12.3 Å². The zero-order chi connectivity index (χ0) is 14.5. The average molecular weight is 307 g/mol. The minimum Gasteiger partial charge on any atom is -0.550 e. The van der Waals surface area contributed by atoms with Crippen molar-refractivity contribution in [3.05, 3.63) is 35.0 Å². The maximum atomic E-state index is 12.2. The fraction of sp³-hybridized carbons (Fsp3) is 0.231. The number of carbonyl (C=O) groups is 2. The van der Waals surface area contributed by atoms with Crippen LogP contribution in [0.5, 0.6) is 0 Å². The van der Waals surface area contributed by atoms with Crippen molar-refractivity contribution in [1.29, 1.82) is 0 Å². The molecule has 0 aromatic carbocycles. The molecule has 0 bridgehead atoms. The molecule has 1 saturated heterocycles. The van der Waals surface area contributed by atoms with Gasteiger partial charge < -0.3 is 9.90 Å². The van der Waals surface area contributed by atoms with Crippen molar-refractivity contribution in [2.75, 3.05) is 6.54 Å². The molecular weight excluding hydrogens is 296 g/mol. The van der Waals surface area contributed by atoms with E-state index in [1.165, 1.54) is 16.7 Å². The molecule has 1 aromatic heterocycles.